The maximum Gasteiger partial charge on any atom is 0.472 e. The number of phosphoric ester groups is 1. The Morgan fingerprint density at radius 2 is 0.776 bits per heavy atom. The van der Waals surface area contributed by atoms with Gasteiger partial charge in [0.1, 0.15) is 12.2 Å². The van der Waals surface area contributed by atoms with Gasteiger partial charge in [0.25, 0.3) is 0 Å². The van der Waals surface area contributed by atoms with Gasteiger partial charge in [0.2, 0.25) is 0 Å². The Labute approximate surface area is 358 Å². The standard InChI is InChI=1S/C48H97O9P/c1-3-5-7-9-11-13-15-17-19-21-23-24-26-28-30-32-34-36-38-40-48(51)57-47(45-56-58(52,53)55-43-46(50)42-49)44-54-41-39-37-35-33-31-29-27-25-22-20-18-16-14-12-10-8-6-4-2/h46-47,49-50H,3-45H2,1-2H3,(H,52,53). The molecule has 3 unspecified atom stereocenters. The van der Waals surface area contributed by atoms with Crippen molar-refractivity contribution in [3.8, 4) is 0 Å². The maximum absolute atomic E-state index is 12.7. The Kier molecular flexibility index (Phi) is 45.5. The van der Waals surface area contributed by atoms with Crippen molar-refractivity contribution >= 4 is 13.8 Å². The van der Waals surface area contributed by atoms with Crippen LogP contribution in [-0.2, 0) is 27.9 Å². The number of aliphatic hydroxyl groups is 2. The van der Waals surface area contributed by atoms with Crippen LogP contribution in [0.25, 0.3) is 0 Å². The molecule has 0 bridgehead atoms. The summed E-state index contributed by atoms with van der Waals surface area (Å²) in [5.74, 6) is -0.373. The largest absolute Gasteiger partial charge is 0.472 e. The van der Waals surface area contributed by atoms with Crippen LogP contribution in [0.15, 0.2) is 0 Å². The molecule has 0 amide bonds. The highest BCUT2D eigenvalue weighted by Crippen LogP contribution is 2.43. The first kappa shape index (κ1) is 57.5. The quantitative estimate of drug-likeness (QED) is 0.0311. The van der Waals surface area contributed by atoms with Gasteiger partial charge < -0.3 is 24.6 Å². The molecule has 0 fully saturated rings. The summed E-state index contributed by atoms with van der Waals surface area (Å²) in [6.45, 7) is 3.60. The second kappa shape index (κ2) is 46.0. The first-order chi connectivity index (χ1) is 28.3. The first-order valence-corrected chi connectivity index (χ1v) is 26.5. The van der Waals surface area contributed by atoms with Crippen LogP contribution in [0.1, 0.15) is 258 Å². The van der Waals surface area contributed by atoms with E-state index in [2.05, 4.69) is 13.8 Å². The molecule has 0 saturated carbocycles. The lowest BCUT2D eigenvalue weighted by molar-refractivity contribution is -0.154. The normalized spacial score (nSPS) is 13.8. The number of phosphoric acid groups is 1. The highest BCUT2D eigenvalue weighted by Gasteiger charge is 2.26. The fraction of sp³-hybridized carbons (Fsp3) is 0.979. The Morgan fingerprint density at radius 3 is 1.12 bits per heavy atom. The van der Waals surface area contributed by atoms with E-state index in [-0.39, 0.29) is 25.6 Å². The van der Waals surface area contributed by atoms with E-state index >= 15 is 0 Å². The number of carbonyl (C=O) groups is 1. The van der Waals surface area contributed by atoms with E-state index in [0.29, 0.717) is 6.61 Å². The van der Waals surface area contributed by atoms with Crippen LogP contribution in [0, 0.1) is 0 Å². The molecule has 348 valence electrons. The zero-order chi connectivity index (χ0) is 42.5. The number of ether oxygens (including phenoxy) is 2. The molecule has 0 aliphatic rings. The summed E-state index contributed by atoms with van der Waals surface area (Å²) in [6.07, 6.45) is 46.4. The molecule has 0 aromatic rings. The van der Waals surface area contributed by atoms with Gasteiger partial charge in [-0.1, -0.05) is 239 Å². The molecule has 0 aromatic carbocycles. The third-order valence-corrected chi connectivity index (χ3v) is 12.2. The molecular formula is C48H97O9P. The van der Waals surface area contributed by atoms with Gasteiger partial charge in [-0.05, 0) is 12.8 Å². The molecule has 3 N–H and O–H groups in total. The van der Waals surface area contributed by atoms with Crippen LogP contribution in [0.3, 0.4) is 0 Å². The van der Waals surface area contributed by atoms with Crippen LogP contribution in [0.4, 0.5) is 0 Å². The number of unbranched alkanes of at least 4 members (excludes halogenated alkanes) is 35. The number of hydrogen-bond acceptors (Lipinski definition) is 8. The average Bonchev–Trinajstić information content (AvgIpc) is 3.21. The third-order valence-electron chi connectivity index (χ3n) is 11.3. The molecular weight excluding hydrogens is 751 g/mol. The number of carbonyl (C=O) groups excluding carboxylic acids is 1. The van der Waals surface area contributed by atoms with E-state index < -0.39 is 33.2 Å². The van der Waals surface area contributed by atoms with Gasteiger partial charge in [-0.3, -0.25) is 13.8 Å². The van der Waals surface area contributed by atoms with Crippen molar-refractivity contribution in [2.75, 3.05) is 33.0 Å². The minimum atomic E-state index is -4.51. The topological polar surface area (TPSA) is 132 Å². The van der Waals surface area contributed by atoms with Crippen LogP contribution < -0.4 is 0 Å². The predicted molar refractivity (Wildman–Crippen MR) is 242 cm³/mol. The summed E-state index contributed by atoms with van der Waals surface area (Å²) in [7, 11) is -4.51. The Bertz CT molecular complexity index is 876. The zero-order valence-electron chi connectivity index (χ0n) is 38.3. The Balaban J connectivity index is 4.03. The van der Waals surface area contributed by atoms with Gasteiger partial charge in [-0.2, -0.15) is 0 Å². The van der Waals surface area contributed by atoms with Gasteiger partial charge in [-0.15, -0.1) is 0 Å². The highest BCUT2D eigenvalue weighted by atomic mass is 31.2. The molecule has 9 nitrogen and oxygen atoms in total. The van der Waals surface area contributed by atoms with E-state index in [1.165, 1.54) is 205 Å². The summed E-state index contributed by atoms with van der Waals surface area (Å²) < 4.78 is 33.5. The smallest absolute Gasteiger partial charge is 0.457 e. The molecule has 10 heteroatoms. The second-order valence-corrected chi connectivity index (χ2v) is 18.7. The van der Waals surface area contributed by atoms with Gasteiger partial charge in [0, 0.05) is 13.0 Å². The molecule has 3 atom stereocenters. The van der Waals surface area contributed by atoms with Crippen molar-refractivity contribution in [3.63, 3.8) is 0 Å². The molecule has 0 aliphatic heterocycles. The molecule has 0 aromatic heterocycles. The number of aliphatic hydroxyl groups excluding tert-OH is 2. The SMILES string of the molecule is CCCCCCCCCCCCCCCCCCCCCC(=O)OC(COCCCCCCCCCCCCCCCCCCCC)COP(=O)(O)OCC(O)CO. The summed E-state index contributed by atoms with van der Waals surface area (Å²) in [4.78, 5) is 22.7. The average molecular weight is 849 g/mol. The predicted octanol–water partition coefficient (Wildman–Crippen LogP) is 14.3. The number of esters is 1. The minimum absolute atomic E-state index is 0.0587. The van der Waals surface area contributed by atoms with Gasteiger partial charge in [0.05, 0.1) is 26.4 Å². The van der Waals surface area contributed by atoms with Crippen molar-refractivity contribution in [1.29, 1.82) is 0 Å². The van der Waals surface area contributed by atoms with Gasteiger partial charge in [0.15, 0.2) is 0 Å². The zero-order valence-corrected chi connectivity index (χ0v) is 39.2. The van der Waals surface area contributed by atoms with Gasteiger partial charge >= 0.3 is 13.8 Å². The summed E-state index contributed by atoms with van der Waals surface area (Å²) in [6, 6.07) is 0. The molecule has 0 saturated heterocycles. The van der Waals surface area contributed by atoms with E-state index in [9.17, 15) is 19.4 Å². The molecule has 58 heavy (non-hydrogen) atoms. The number of rotatable bonds is 49. The lowest BCUT2D eigenvalue weighted by atomic mass is 10.0. The van der Waals surface area contributed by atoms with E-state index in [1.54, 1.807) is 0 Å². The van der Waals surface area contributed by atoms with E-state index in [1.807, 2.05) is 0 Å². The summed E-state index contributed by atoms with van der Waals surface area (Å²) in [5.41, 5.74) is 0. The highest BCUT2D eigenvalue weighted by molar-refractivity contribution is 7.47. The van der Waals surface area contributed by atoms with Crippen molar-refractivity contribution in [2.45, 2.75) is 270 Å². The van der Waals surface area contributed by atoms with Crippen LogP contribution in [0.5, 0.6) is 0 Å². The second-order valence-electron chi connectivity index (χ2n) is 17.2. The molecule has 0 radical (unpaired) electrons. The lowest BCUT2D eigenvalue weighted by Gasteiger charge is -2.20. The fourth-order valence-electron chi connectivity index (χ4n) is 7.48. The lowest BCUT2D eigenvalue weighted by Crippen LogP contribution is -2.29. The van der Waals surface area contributed by atoms with Crippen LogP contribution >= 0.6 is 7.82 Å². The first-order valence-electron chi connectivity index (χ1n) is 25.0. The fourth-order valence-corrected chi connectivity index (χ4v) is 8.27. The third kappa shape index (κ3) is 45.0. The Hall–Kier alpha value is -0.540. The molecule has 0 spiro atoms. The van der Waals surface area contributed by atoms with Gasteiger partial charge in [-0.25, -0.2) is 4.57 Å². The van der Waals surface area contributed by atoms with Crippen molar-refractivity contribution in [1.82, 2.24) is 0 Å². The van der Waals surface area contributed by atoms with E-state index in [0.717, 1.165) is 32.1 Å². The molecule has 0 rings (SSSR count). The van der Waals surface area contributed by atoms with Crippen molar-refractivity contribution < 1.29 is 43.0 Å². The summed E-state index contributed by atoms with van der Waals surface area (Å²) >= 11 is 0. The van der Waals surface area contributed by atoms with Crippen molar-refractivity contribution in [2.24, 2.45) is 0 Å². The molecule has 0 heterocycles. The molecule has 0 aliphatic carbocycles. The minimum Gasteiger partial charge on any atom is -0.457 e. The van der Waals surface area contributed by atoms with Crippen LogP contribution in [0.2, 0.25) is 0 Å². The van der Waals surface area contributed by atoms with Crippen molar-refractivity contribution in [3.05, 3.63) is 0 Å². The van der Waals surface area contributed by atoms with Crippen LogP contribution in [-0.4, -0.2) is 66.3 Å². The monoisotopic (exact) mass is 849 g/mol. The maximum atomic E-state index is 12.7. The summed E-state index contributed by atoms with van der Waals surface area (Å²) in [5, 5.41) is 18.4. The Morgan fingerprint density at radius 1 is 0.466 bits per heavy atom. The van der Waals surface area contributed by atoms with E-state index in [4.69, 9.17) is 23.6 Å². The number of hydrogen-bond donors (Lipinski definition) is 3.